The lowest BCUT2D eigenvalue weighted by Gasteiger charge is -2.28. The van der Waals surface area contributed by atoms with Gasteiger partial charge >= 0.3 is 0 Å². The van der Waals surface area contributed by atoms with E-state index in [-0.39, 0.29) is 18.3 Å². The van der Waals surface area contributed by atoms with E-state index in [4.69, 9.17) is 4.74 Å². The van der Waals surface area contributed by atoms with E-state index in [9.17, 15) is 4.79 Å². The Morgan fingerprint density at radius 3 is 2.94 bits per heavy atom. The Labute approximate surface area is 110 Å². The number of piperidine rings is 1. The first-order valence-electron chi connectivity index (χ1n) is 6.33. The van der Waals surface area contributed by atoms with Gasteiger partial charge in [-0.25, -0.2) is 0 Å². The van der Waals surface area contributed by atoms with Gasteiger partial charge in [0.2, 0.25) is 5.91 Å². The Morgan fingerprint density at radius 2 is 2.29 bits per heavy atom. The first-order chi connectivity index (χ1) is 7.72. The lowest BCUT2D eigenvalue weighted by Crippen LogP contribution is -2.46. The molecular formula is C12H25ClN2O2. The van der Waals surface area contributed by atoms with Crippen LogP contribution in [-0.2, 0) is 9.53 Å². The molecule has 5 heteroatoms. The molecule has 102 valence electrons. The zero-order chi connectivity index (χ0) is 11.8. The molecule has 0 bridgehead atoms. The van der Waals surface area contributed by atoms with E-state index < -0.39 is 0 Å². The summed E-state index contributed by atoms with van der Waals surface area (Å²) in [6, 6.07) is 0.873. The van der Waals surface area contributed by atoms with Crippen molar-refractivity contribution in [3.8, 4) is 0 Å². The van der Waals surface area contributed by atoms with Crippen molar-refractivity contribution < 1.29 is 9.53 Å². The number of hydrogen-bond donors (Lipinski definition) is 2. The summed E-state index contributed by atoms with van der Waals surface area (Å²) in [5.41, 5.74) is 0. The predicted octanol–water partition coefficient (Wildman–Crippen LogP) is 1.48. The fraction of sp³-hybridized carbons (Fsp3) is 0.917. The van der Waals surface area contributed by atoms with E-state index in [1.165, 1.54) is 0 Å². The highest BCUT2D eigenvalue weighted by molar-refractivity contribution is 5.85. The van der Waals surface area contributed by atoms with Gasteiger partial charge in [0.25, 0.3) is 0 Å². The van der Waals surface area contributed by atoms with Gasteiger partial charge in [0.15, 0.2) is 0 Å². The second-order valence-electron chi connectivity index (χ2n) is 4.44. The molecule has 1 heterocycles. The van der Waals surface area contributed by atoms with Gasteiger partial charge < -0.3 is 15.4 Å². The van der Waals surface area contributed by atoms with Crippen LogP contribution in [0.15, 0.2) is 0 Å². The van der Waals surface area contributed by atoms with Gasteiger partial charge in [-0.3, -0.25) is 4.79 Å². The van der Waals surface area contributed by atoms with Crippen molar-refractivity contribution in [2.24, 2.45) is 0 Å². The second kappa shape index (κ2) is 9.68. The van der Waals surface area contributed by atoms with Crippen LogP contribution >= 0.6 is 12.4 Å². The zero-order valence-electron chi connectivity index (χ0n) is 10.8. The van der Waals surface area contributed by atoms with Crippen molar-refractivity contribution >= 4 is 18.3 Å². The maximum Gasteiger partial charge on any atom is 0.220 e. The van der Waals surface area contributed by atoms with Crippen LogP contribution in [0.2, 0.25) is 0 Å². The average molecular weight is 265 g/mol. The van der Waals surface area contributed by atoms with Gasteiger partial charge in [-0.2, -0.15) is 0 Å². The largest absolute Gasteiger partial charge is 0.382 e. The van der Waals surface area contributed by atoms with E-state index in [0.29, 0.717) is 25.1 Å². The van der Waals surface area contributed by atoms with Crippen LogP contribution in [0, 0.1) is 0 Å². The van der Waals surface area contributed by atoms with E-state index in [2.05, 4.69) is 17.6 Å². The smallest absolute Gasteiger partial charge is 0.220 e. The Hall–Kier alpha value is -0.320. The predicted molar refractivity (Wildman–Crippen MR) is 71.6 cm³/mol. The van der Waals surface area contributed by atoms with Gasteiger partial charge in [-0.1, -0.05) is 0 Å². The molecule has 0 aromatic carbocycles. The maximum atomic E-state index is 11.6. The molecule has 2 atom stereocenters. The standard InChI is InChI=1S/C12H24N2O2.ClH/c1-3-16-8-4-5-12(15)14-11-6-7-13-10(2)9-11;/h10-11,13H,3-9H2,1-2H3,(H,14,15);1H. The van der Waals surface area contributed by atoms with Crippen molar-refractivity contribution in [3.63, 3.8) is 0 Å². The first kappa shape index (κ1) is 16.7. The fourth-order valence-corrected chi connectivity index (χ4v) is 2.04. The molecule has 4 nitrogen and oxygen atoms in total. The minimum absolute atomic E-state index is 0. The van der Waals surface area contributed by atoms with Crippen LogP contribution < -0.4 is 10.6 Å². The van der Waals surface area contributed by atoms with Crippen molar-refractivity contribution in [1.29, 1.82) is 0 Å². The molecule has 17 heavy (non-hydrogen) atoms. The normalized spacial score (nSPS) is 23.9. The van der Waals surface area contributed by atoms with E-state index in [1.807, 2.05) is 6.92 Å². The molecule has 1 fully saturated rings. The van der Waals surface area contributed by atoms with Crippen LogP contribution in [0.5, 0.6) is 0 Å². The Kier molecular flexibility index (Phi) is 9.50. The summed E-state index contributed by atoms with van der Waals surface area (Å²) in [4.78, 5) is 11.6. The molecule has 1 aliphatic heterocycles. The molecule has 0 radical (unpaired) electrons. The van der Waals surface area contributed by atoms with Crippen LogP contribution in [0.4, 0.5) is 0 Å². The highest BCUT2D eigenvalue weighted by Crippen LogP contribution is 2.08. The highest BCUT2D eigenvalue weighted by atomic mass is 35.5. The number of hydrogen-bond acceptors (Lipinski definition) is 3. The highest BCUT2D eigenvalue weighted by Gasteiger charge is 2.19. The fourth-order valence-electron chi connectivity index (χ4n) is 2.04. The third-order valence-electron chi connectivity index (χ3n) is 2.89. The lowest BCUT2D eigenvalue weighted by atomic mass is 10.0. The minimum Gasteiger partial charge on any atom is -0.382 e. The maximum absolute atomic E-state index is 11.6. The average Bonchev–Trinajstić information content (AvgIpc) is 2.24. The number of ether oxygens (including phenoxy) is 1. The van der Waals surface area contributed by atoms with Gasteiger partial charge in [0.05, 0.1) is 0 Å². The van der Waals surface area contributed by atoms with Crippen molar-refractivity contribution in [2.75, 3.05) is 19.8 Å². The quantitative estimate of drug-likeness (QED) is 0.715. The van der Waals surface area contributed by atoms with Crippen LogP contribution in [0.3, 0.4) is 0 Å². The van der Waals surface area contributed by atoms with Crippen LogP contribution in [-0.4, -0.2) is 37.7 Å². The van der Waals surface area contributed by atoms with Gasteiger partial charge in [0, 0.05) is 31.7 Å². The molecule has 0 aromatic rings. The molecular weight excluding hydrogens is 240 g/mol. The monoisotopic (exact) mass is 264 g/mol. The molecule has 1 aliphatic rings. The van der Waals surface area contributed by atoms with Crippen molar-refractivity contribution in [3.05, 3.63) is 0 Å². The third-order valence-corrected chi connectivity index (χ3v) is 2.89. The molecule has 1 amide bonds. The second-order valence-corrected chi connectivity index (χ2v) is 4.44. The van der Waals surface area contributed by atoms with Gasteiger partial charge in [-0.15, -0.1) is 12.4 Å². The minimum atomic E-state index is 0. The molecule has 0 aromatic heterocycles. The molecule has 0 aliphatic carbocycles. The van der Waals surface area contributed by atoms with Crippen molar-refractivity contribution in [1.82, 2.24) is 10.6 Å². The Bertz CT molecular complexity index is 215. The lowest BCUT2D eigenvalue weighted by molar-refractivity contribution is -0.122. The SMILES string of the molecule is CCOCCCC(=O)NC1CCNC(C)C1.Cl. The Morgan fingerprint density at radius 1 is 1.53 bits per heavy atom. The van der Waals surface area contributed by atoms with Gasteiger partial charge in [-0.05, 0) is 39.7 Å². The van der Waals surface area contributed by atoms with Gasteiger partial charge in [0.1, 0.15) is 0 Å². The summed E-state index contributed by atoms with van der Waals surface area (Å²) >= 11 is 0. The number of nitrogens with one attached hydrogen (secondary N) is 2. The number of carbonyl (C=O) groups excluding carboxylic acids is 1. The topological polar surface area (TPSA) is 50.4 Å². The summed E-state index contributed by atoms with van der Waals surface area (Å²) in [7, 11) is 0. The van der Waals surface area contributed by atoms with Crippen LogP contribution in [0.25, 0.3) is 0 Å². The number of amides is 1. The molecule has 0 saturated carbocycles. The van der Waals surface area contributed by atoms with E-state index >= 15 is 0 Å². The third kappa shape index (κ3) is 7.58. The Balaban J connectivity index is 0.00000256. The number of halogens is 1. The first-order valence-corrected chi connectivity index (χ1v) is 6.33. The number of carbonyl (C=O) groups is 1. The number of rotatable bonds is 6. The summed E-state index contributed by atoms with van der Waals surface area (Å²) in [6.07, 6.45) is 3.48. The molecule has 1 saturated heterocycles. The summed E-state index contributed by atoms with van der Waals surface area (Å²) in [5, 5.41) is 6.47. The summed E-state index contributed by atoms with van der Waals surface area (Å²) in [6.45, 7) is 6.55. The summed E-state index contributed by atoms with van der Waals surface area (Å²) < 4.78 is 5.20. The molecule has 2 unspecified atom stereocenters. The molecule has 2 N–H and O–H groups in total. The molecule has 1 rings (SSSR count). The molecule has 0 spiro atoms. The summed E-state index contributed by atoms with van der Waals surface area (Å²) in [5.74, 6) is 0.166. The van der Waals surface area contributed by atoms with E-state index in [0.717, 1.165) is 32.4 Å². The van der Waals surface area contributed by atoms with Crippen molar-refractivity contribution in [2.45, 2.75) is 51.6 Å². The van der Waals surface area contributed by atoms with Crippen LogP contribution in [0.1, 0.15) is 39.5 Å². The van der Waals surface area contributed by atoms with E-state index in [1.54, 1.807) is 0 Å². The zero-order valence-corrected chi connectivity index (χ0v) is 11.6.